The smallest absolute Gasteiger partial charge is 0.0779 e. The summed E-state index contributed by atoms with van der Waals surface area (Å²) in [7, 11) is 0. The molecule has 0 spiro atoms. The Labute approximate surface area is 93.8 Å². The quantitative estimate of drug-likeness (QED) is 0.772. The summed E-state index contributed by atoms with van der Waals surface area (Å²) in [5.74, 6) is 0.972. The summed E-state index contributed by atoms with van der Waals surface area (Å²) in [5.41, 5.74) is 0.129. The molecule has 2 rings (SSSR count). The molecule has 0 amide bonds. The second-order valence-corrected chi connectivity index (χ2v) is 5.57. The van der Waals surface area contributed by atoms with E-state index in [1.54, 1.807) is 0 Å². The zero-order chi connectivity index (χ0) is 10.7. The lowest BCUT2D eigenvalue weighted by Gasteiger charge is -2.25. The van der Waals surface area contributed by atoms with Gasteiger partial charge in [-0.1, -0.05) is 13.3 Å². The van der Waals surface area contributed by atoms with Crippen LogP contribution in [0.5, 0.6) is 0 Å². The fourth-order valence-corrected chi connectivity index (χ4v) is 2.97. The summed E-state index contributed by atoms with van der Waals surface area (Å²) in [6.07, 6.45) is 7.99. The lowest BCUT2D eigenvalue weighted by atomic mass is 10.0. The lowest BCUT2D eigenvalue weighted by Crippen LogP contribution is -2.41. The molecule has 2 fully saturated rings. The Balaban J connectivity index is 1.70. The summed E-state index contributed by atoms with van der Waals surface area (Å²) in [6.45, 7) is 6.57. The molecule has 0 aromatic rings. The molecule has 15 heavy (non-hydrogen) atoms. The van der Waals surface area contributed by atoms with E-state index in [-0.39, 0.29) is 5.60 Å². The Kier molecular flexibility index (Phi) is 3.68. The highest BCUT2D eigenvalue weighted by molar-refractivity contribution is 4.87. The van der Waals surface area contributed by atoms with E-state index in [9.17, 15) is 0 Å². The van der Waals surface area contributed by atoms with Crippen molar-refractivity contribution < 1.29 is 4.74 Å². The van der Waals surface area contributed by atoms with Crippen molar-refractivity contribution in [3.8, 4) is 0 Å². The molecule has 1 aliphatic heterocycles. The van der Waals surface area contributed by atoms with Gasteiger partial charge in [0, 0.05) is 19.2 Å². The minimum Gasteiger partial charge on any atom is -0.374 e. The molecule has 0 bridgehead atoms. The first-order valence-corrected chi connectivity index (χ1v) is 6.59. The van der Waals surface area contributed by atoms with E-state index in [2.05, 4.69) is 19.2 Å². The Hall–Kier alpha value is -0.0800. The maximum Gasteiger partial charge on any atom is 0.0779 e. The van der Waals surface area contributed by atoms with Crippen molar-refractivity contribution in [3.05, 3.63) is 0 Å². The van der Waals surface area contributed by atoms with Crippen molar-refractivity contribution in [2.75, 3.05) is 13.2 Å². The molecule has 1 saturated carbocycles. The van der Waals surface area contributed by atoms with E-state index < -0.39 is 0 Å². The van der Waals surface area contributed by atoms with Crippen LogP contribution in [0.2, 0.25) is 0 Å². The molecule has 0 radical (unpaired) electrons. The number of ether oxygens (including phenoxy) is 1. The number of hydrogen-bond acceptors (Lipinski definition) is 2. The molecule has 88 valence electrons. The molecule has 3 unspecified atom stereocenters. The summed E-state index contributed by atoms with van der Waals surface area (Å²) >= 11 is 0. The van der Waals surface area contributed by atoms with Crippen molar-refractivity contribution in [2.45, 2.75) is 64.0 Å². The fraction of sp³-hybridized carbons (Fsp3) is 1.00. The Morgan fingerprint density at radius 3 is 2.87 bits per heavy atom. The molecule has 1 saturated heterocycles. The molecular formula is C13H25NO. The van der Waals surface area contributed by atoms with Gasteiger partial charge in [-0.25, -0.2) is 0 Å². The second kappa shape index (κ2) is 4.84. The van der Waals surface area contributed by atoms with Gasteiger partial charge in [-0.15, -0.1) is 0 Å². The van der Waals surface area contributed by atoms with Gasteiger partial charge in [0.05, 0.1) is 5.60 Å². The molecular weight excluding hydrogens is 186 g/mol. The van der Waals surface area contributed by atoms with Gasteiger partial charge in [-0.2, -0.15) is 0 Å². The van der Waals surface area contributed by atoms with Crippen LogP contribution < -0.4 is 5.32 Å². The molecule has 0 aromatic carbocycles. The average Bonchev–Trinajstić information content (AvgIpc) is 2.84. The first-order valence-electron chi connectivity index (χ1n) is 6.59. The van der Waals surface area contributed by atoms with Crippen LogP contribution in [0.15, 0.2) is 0 Å². The molecule has 1 N–H and O–H groups in total. The van der Waals surface area contributed by atoms with Crippen LogP contribution in [-0.2, 0) is 4.74 Å². The molecule has 3 atom stereocenters. The van der Waals surface area contributed by atoms with Crippen molar-refractivity contribution >= 4 is 0 Å². The zero-order valence-corrected chi connectivity index (χ0v) is 10.2. The van der Waals surface area contributed by atoms with Gasteiger partial charge in [0.25, 0.3) is 0 Å². The molecule has 0 aromatic heterocycles. The van der Waals surface area contributed by atoms with Crippen LogP contribution in [0.3, 0.4) is 0 Å². The Bertz CT molecular complexity index is 199. The highest BCUT2D eigenvalue weighted by Gasteiger charge is 2.31. The molecule has 2 aliphatic rings. The van der Waals surface area contributed by atoms with Crippen molar-refractivity contribution in [3.63, 3.8) is 0 Å². The largest absolute Gasteiger partial charge is 0.374 e. The zero-order valence-electron chi connectivity index (χ0n) is 10.2. The minimum atomic E-state index is 0.129. The number of nitrogens with one attached hydrogen (secondary N) is 1. The van der Waals surface area contributed by atoms with Crippen molar-refractivity contribution in [1.29, 1.82) is 0 Å². The minimum absolute atomic E-state index is 0.129. The fourth-order valence-electron chi connectivity index (χ4n) is 2.97. The second-order valence-electron chi connectivity index (χ2n) is 5.57. The van der Waals surface area contributed by atoms with Crippen LogP contribution in [0, 0.1) is 5.92 Å². The van der Waals surface area contributed by atoms with E-state index >= 15 is 0 Å². The number of rotatable bonds is 4. The first-order chi connectivity index (χ1) is 7.22. The Morgan fingerprint density at radius 2 is 2.27 bits per heavy atom. The van der Waals surface area contributed by atoms with Gasteiger partial charge in [0.1, 0.15) is 0 Å². The molecule has 1 heterocycles. The van der Waals surface area contributed by atoms with Crippen LogP contribution in [0.25, 0.3) is 0 Å². The predicted molar refractivity (Wildman–Crippen MR) is 63.0 cm³/mol. The maximum absolute atomic E-state index is 5.79. The monoisotopic (exact) mass is 211 g/mol. The van der Waals surface area contributed by atoms with Crippen LogP contribution in [0.4, 0.5) is 0 Å². The van der Waals surface area contributed by atoms with E-state index in [1.165, 1.54) is 38.5 Å². The van der Waals surface area contributed by atoms with Gasteiger partial charge >= 0.3 is 0 Å². The number of hydrogen-bond donors (Lipinski definition) is 1. The van der Waals surface area contributed by atoms with Gasteiger partial charge in [-0.05, 0) is 44.9 Å². The summed E-state index contributed by atoms with van der Waals surface area (Å²) in [4.78, 5) is 0. The van der Waals surface area contributed by atoms with Gasteiger partial charge in [-0.3, -0.25) is 0 Å². The lowest BCUT2D eigenvalue weighted by molar-refractivity contribution is 0.0188. The molecule has 2 nitrogen and oxygen atoms in total. The maximum atomic E-state index is 5.79. The Morgan fingerprint density at radius 1 is 1.40 bits per heavy atom. The van der Waals surface area contributed by atoms with Crippen LogP contribution >= 0.6 is 0 Å². The first kappa shape index (κ1) is 11.4. The van der Waals surface area contributed by atoms with E-state index in [0.29, 0.717) is 0 Å². The van der Waals surface area contributed by atoms with E-state index in [1.807, 2.05) is 0 Å². The summed E-state index contributed by atoms with van der Waals surface area (Å²) in [6, 6.07) is 0.760. The predicted octanol–water partition coefficient (Wildman–Crippen LogP) is 2.72. The van der Waals surface area contributed by atoms with Crippen LogP contribution in [0.1, 0.15) is 52.4 Å². The van der Waals surface area contributed by atoms with Gasteiger partial charge in [0.2, 0.25) is 0 Å². The van der Waals surface area contributed by atoms with E-state index in [0.717, 1.165) is 25.1 Å². The van der Waals surface area contributed by atoms with Crippen LogP contribution in [-0.4, -0.2) is 24.8 Å². The van der Waals surface area contributed by atoms with E-state index in [4.69, 9.17) is 4.74 Å². The molecule has 2 heteroatoms. The standard InChI is InChI=1S/C13H25NO/c1-3-11-5-6-12(9-11)14-10-13(2)7-4-8-15-13/h11-12,14H,3-10H2,1-2H3. The highest BCUT2D eigenvalue weighted by Crippen LogP contribution is 2.29. The van der Waals surface area contributed by atoms with Gasteiger partial charge in [0.15, 0.2) is 0 Å². The van der Waals surface area contributed by atoms with Gasteiger partial charge < -0.3 is 10.1 Å². The van der Waals surface area contributed by atoms with Crippen molar-refractivity contribution in [1.82, 2.24) is 5.32 Å². The SMILES string of the molecule is CCC1CCC(NCC2(C)CCCO2)C1. The summed E-state index contributed by atoms with van der Waals surface area (Å²) in [5, 5.41) is 3.70. The third-order valence-corrected chi connectivity index (χ3v) is 4.18. The summed E-state index contributed by atoms with van der Waals surface area (Å²) < 4.78 is 5.79. The van der Waals surface area contributed by atoms with Crippen molar-refractivity contribution in [2.24, 2.45) is 5.92 Å². The third kappa shape index (κ3) is 2.94. The molecule has 1 aliphatic carbocycles. The average molecular weight is 211 g/mol. The topological polar surface area (TPSA) is 21.3 Å². The normalized spacial score (nSPS) is 41.2. The third-order valence-electron chi connectivity index (χ3n) is 4.18. The highest BCUT2D eigenvalue weighted by atomic mass is 16.5.